The number of aryl methyl sites for hydroxylation is 1. The summed E-state index contributed by atoms with van der Waals surface area (Å²) in [5.41, 5.74) is 4.75. The molecule has 2 nitrogen and oxygen atoms in total. The molecule has 0 aliphatic heterocycles. The molecule has 0 unspecified atom stereocenters. The molecule has 0 saturated heterocycles. The van der Waals surface area contributed by atoms with Crippen molar-refractivity contribution in [3.05, 3.63) is 102 Å². The van der Waals surface area contributed by atoms with Gasteiger partial charge in [-0.25, -0.2) is 0 Å². The molecule has 0 fully saturated rings. The van der Waals surface area contributed by atoms with Crippen molar-refractivity contribution >= 4 is 24.2 Å². The maximum atomic E-state index is 9.86. The predicted molar refractivity (Wildman–Crippen MR) is 123 cm³/mol. The molecular weight excluding hydrogens is 342 g/mol. The SMILES string of the molecule is CC.CCCc1ccc(/C=C/c2ccccc2)cc1.O=CNc1ccccc1. The summed E-state index contributed by atoms with van der Waals surface area (Å²) in [5, 5.41) is 2.53. The highest BCUT2D eigenvalue weighted by molar-refractivity contribution is 5.71. The number of carbonyl (C=O) groups is 1. The quantitative estimate of drug-likeness (QED) is 0.362. The van der Waals surface area contributed by atoms with Gasteiger partial charge < -0.3 is 5.32 Å². The molecule has 3 aromatic carbocycles. The molecule has 1 amide bonds. The molecule has 0 aliphatic carbocycles. The molecule has 146 valence electrons. The number of carbonyl (C=O) groups excluding carboxylic acids is 1. The summed E-state index contributed by atoms with van der Waals surface area (Å²) >= 11 is 0. The molecule has 0 heterocycles. The summed E-state index contributed by atoms with van der Waals surface area (Å²) < 4.78 is 0. The fourth-order valence-corrected chi connectivity index (χ4v) is 2.44. The van der Waals surface area contributed by atoms with Crippen molar-refractivity contribution in [3.8, 4) is 0 Å². The van der Waals surface area contributed by atoms with Crippen LogP contribution in [-0.2, 0) is 11.2 Å². The molecular formula is C26H31NO. The third-order valence-corrected chi connectivity index (χ3v) is 3.79. The van der Waals surface area contributed by atoms with Gasteiger partial charge in [0.2, 0.25) is 6.41 Å². The fourth-order valence-electron chi connectivity index (χ4n) is 2.44. The van der Waals surface area contributed by atoms with Crippen molar-refractivity contribution in [3.63, 3.8) is 0 Å². The van der Waals surface area contributed by atoms with E-state index in [2.05, 4.69) is 72.9 Å². The number of anilines is 1. The van der Waals surface area contributed by atoms with E-state index in [1.165, 1.54) is 29.5 Å². The minimum Gasteiger partial charge on any atom is -0.329 e. The van der Waals surface area contributed by atoms with E-state index in [9.17, 15) is 4.79 Å². The van der Waals surface area contributed by atoms with E-state index in [-0.39, 0.29) is 0 Å². The summed E-state index contributed by atoms with van der Waals surface area (Å²) in [6.07, 6.45) is 7.34. The first kappa shape index (κ1) is 22.9. The third-order valence-electron chi connectivity index (χ3n) is 3.79. The van der Waals surface area contributed by atoms with E-state index in [1.54, 1.807) is 0 Å². The smallest absolute Gasteiger partial charge is 0.211 e. The van der Waals surface area contributed by atoms with Crippen LogP contribution < -0.4 is 5.32 Å². The number of hydrogen-bond acceptors (Lipinski definition) is 1. The van der Waals surface area contributed by atoms with Gasteiger partial charge in [0, 0.05) is 5.69 Å². The molecule has 0 spiro atoms. The van der Waals surface area contributed by atoms with Gasteiger partial charge in [-0.3, -0.25) is 4.79 Å². The highest BCUT2D eigenvalue weighted by Crippen LogP contribution is 2.10. The second kappa shape index (κ2) is 15.0. The van der Waals surface area contributed by atoms with Gasteiger partial charge in [0.1, 0.15) is 0 Å². The maximum absolute atomic E-state index is 9.86. The molecule has 0 aliphatic rings. The summed E-state index contributed by atoms with van der Waals surface area (Å²) in [6, 6.07) is 28.5. The van der Waals surface area contributed by atoms with E-state index in [0.717, 1.165) is 5.69 Å². The largest absolute Gasteiger partial charge is 0.329 e. The summed E-state index contributed by atoms with van der Waals surface area (Å²) in [6.45, 7) is 6.21. The van der Waals surface area contributed by atoms with Gasteiger partial charge in [-0.05, 0) is 35.2 Å². The minimum atomic E-state index is 0.662. The Labute approximate surface area is 169 Å². The average molecular weight is 374 g/mol. The molecule has 2 heteroatoms. The van der Waals surface area contributed by atoms with Crippen LogP contribution in [0.4, 0.5) is 5.69 Å². The second-order valence-corrected chi connectivity index (χ2v) is 5.86. The molecule has 0 saturated carbocycles. The zero-order valence-electron chi connectivity index (χ0n) is 17.1. The first-order valence-electron chi connectivity index (χ1n) is 9.89. The van der Waals surface area contributed by atoms with Gasteiger partial charge in [-0.15, -0.1) is 0 Å². The monoisotopic (exact) mass is 373 g/mol. The first-order valence-corrected chi connectivity index (χ1v) is 9.89. The van der Waals surface area contributed by atoms with Crippen LogP contribution in [0, 0.1) is 0 Å². The Morgan fingerprint density at radius 1 is 0.714 bits per heavy atom. The zero-order valence-corrected chi connectivity index (χ0v) is 17.1. The van der Waals surface area contributed by atoms with Gasteiger partial charge in [-0.1, -0.05) is 112 Å². The predicted octanol–water partition coefficient (Wildman–Crippen LogP) is 7.09. The fraction of sp³-hybridized carbons (Fsp3) is 0.192. The van der Waals surface area contributed by atoms with Crippen LogP contribution in [0.1, 0.15) is 43.9 Å². The minimum absolute atomic E-state index is 0.662. The molecule has 0 bridgehead atoms. The lowest BCUT2D eigenvalue weighted by atomic mass is 10.1. The number of hydrogen-bond donors (Lipinski definition) is 1. The zero-order chi connectivity index (χ0) is 20.5. The van der Waals surface area contributed by atoms with E-state index in [4.69, 9.17) is 0 Å². The molecule has 3 aromatic rings. The lowest BCUT2D eigenvalue weighted by molar-refractivity contribution is -0.105. The average Bonchev–Trinajstić information content (AvgIpc) is 2.77. The van der Waals surface area contributed by atoms with E-state index in [0.29, 0.717) is 6.41 Å². The van der Waals surface area contributed by atoms with Crippen molar-refractivity contribution < 1.29 is 4.79 Å². The maximum Gasteiger partial charge on any atom is 0.211 e. The molecule has 28 heavy (non-hydrogen) atoms. The number of amides is 1. The van der Waals surface area contributed by atoms with Crippen LogP contribution in [0.3, 0.4) is 0 Å². The highest BCUT2D eigenvalue weighted by atomic mass is 16.1. The Morgan fingerprint density at radius 2 is 1.21 bits per heavy atom. The third kappa shape index (κ3) is 9.54. The van der Waals surface area contributed by atoms with E-state index in [1.807, 2.05) is 50.2 Å². The number of nitrogens with one attached hydrogen (secondary N) is 1. The summed E-state index contributed by atoms with van der Waals surface area (Å²) in [4.78, 5) is 9.86. The van der Waals surface area contributed by atoms with Crippen LogP contribution in [0.5, 0.6) is 0 Å². The number of para-hydroxylation sites is 1. The van der Waals surface area contributed by atoms with Crippen molar-refractivity contribution in [1.82, 2.24) is 0 Å². The normalized spacial score (nSPS) is 9.54. The van der Waals surface area contributed by atoms with E-state index < -0.39 is 0 Å². The van der Waals surface area contributed by atoms with Crippen LogP contribution in [0.25, 0.3) is 12.2 Å². The van der Waals surface area contributed by atoms with Gasteiger partial charge in [-0.2, -0.15) is 0 Å². The first-order chi connectivity index (χ1) is 13.8. The second-order valence-electron chi connectivity index (χ2n) is 5.86. The molecule has 0 atom stereocenters. The van der Waals surface area contributed by atoms with Crippen molar-refractivity contribution in [2.75, 3.05) is 5.32 Å². The van der Waals surface area contributed by atoms with Gasteiger partial charge in [0.05, 0.1) is 0 Å². The molecule has 3 rings (SSSR count). The van der Waals surface area contributed by atoms with Gasteiger partial charge >= 0.3 is 0 Å². The highest BCUT2D eigenvalue weighted by Gasteiger charge is 1.91. The van der Waals surface area contributed by atoms with Crippen LogP contribution in [-0.4, -0.2) is 6.41 Å². The lowest BCUT2D eigenvalue weighted by Gasteiger charge is -1.99. The van der Waals surface area contributed by atoms with E-state index >= 15 is 0 Å². The van der Waals surface area contributed by atoms with Gasteiger partial charge in [0.25, 0.3) is 0 Å². The van der Waals surface area contributed by atoms with Gasteiger partial charge in [0.15, 0.2) is 0 Å². The molecule has 0 radical (unpaired) electrons. The Kier molecular flexibility index (Phi) is 12.3. The standard InChI is InChI=1S/C17H18.C7H7NO.C2H6/c1-2-6-15-9-12-17(13-10-15)14-11-16-7-4-3-5-8-16;9-6-8-7-4-2-1-3-5-7;1-2/h3-5,7-14H,2,6H2,1H3;1-6H,(H,8,9);1-2H3/b14-11+;;. The Balaban J connectivity index is 0.000000301. The summed E-state index contributed by atoms with van der Waals surface area (Å²) in [7, 11) is 0. The Morgan fingerprint density at radius 3 is 1.71 bits per heavy atom. The Hall–Kier alpha value is -3.13. The van der Waals surface area contributed by atoms with Crippen molar-refractivity contribution in [1.29, 1.82) is 0 Å². The molecule has 0 aromatic heterocycles. The Bertz CT molecular complexity index is 778. The van der Waals surface area contributed by atoms with Crippen molar-refractivity contribution in [2.45, 2.75) is 33.6 Å². The van der Waals surface area contributed by atoms with Crippen molar-refractivity contribution in [2.24, 2.45) is 0 Å². The number of benzene rings is 3. The van der Waals surface area contributed by atoms with Crippen LogP contribution >= 0.6 is 0 Å². The topological polar surface area (TPSA) is 29.1 Å². The summed E-state index contributed by atoms with van der Waals surface area (Å²) in [5.74, 6) is 0. The lowest BCUT2D eigenvalue weighted by Crippen LogP contribution is -1.91. The number of rotatable bonds is 6. The van der Waals surface area contributed by atoms with Crippen LogP contribution in [0.15, 0.2) is 84.9 Å². The van der Waals surface area contributed by atoms with Crippen LogP contribution in [0.2, 0.25) is 0 Å². The molecule has 1 N–H and O–H groups in total.